The van der Waals surface area contributed by atoms with Gasteiger partial charge in [0.1, 0.15) is 5.76 Å². The Morgan fingerprint density at radius 1 is 0.969 bits per heavy atom. The van der Waals surface area contributed by atoms with Crippen molar-refractivity contribution in [2.45, 2.75) is 33.0 Å². The molecule has 0 saturated carbocycles. The Morgan fingerprint density at radius 2 is 1.59 bits per heavy atom. The lowest BCUT2D eigenvalue weighted by Crippen LogP contribution is -2.28. The molecule has 170 valence electrons. The average molecular weight is 517 g/mol. The molecule has 0 aliphatic rings. The van der Waals surface area contributed by atoms with Crippen molar-refractivity contribution in [3.05, 3.63) is 95.9 Å². The highest BCUT2D eigenvalue weighted by Crippen LogP contribution is 2.19. The van der Waals surface area contributed by atoms with Gasteiger partial charge in [-0.1, -0.05) is 72.4 Å². The van der Waals surface area contributed by atoms with Crippen LogP contribution in [0.3, 0.4) is 0 Å². The summed E-state index contributed by atoms with van der Waals surface area (Å²) in [6.07, 6.45) is 2.01. The van der Waals surface area contributed by atoms with Crippen molar-refractivity contribution in [1.82, 2.24) is 4.90 Å². The maximum atomic E-state index is 11.8. The smallest absolute Gasteiger partial charge is 0.306 e. The normalized spacial score (nSPS) is 11.0. The molecule has 1 aromatic heterocycles. The maximum absolute atomic E-state index is 11.8. The number of aliphatic imine (C=N–C) groups is 1. The topological polar surface area (TPSA) is 55.0 Å². The number of carbonyl (C=O) groups excluding carboxylic acids is 1. The van der Waals surface area contributed by atoms with Crippen molar-refractivity contribution in [3.63, 3.8) is 0 Å². The Morgan fingerprint density at radius 3 is 2.12 bits per heavy atom. The van der Waals surface area contributed by atoms with Gasteiger partial charge in [0.15, 0.2) is 5.17 Å². The molecule has 0 bridgehead atoms. The van der Waals surface area contributed by atoms with Crippen LogP contribution in [0, 0.1) is 0 Å². The number of thioether (sulfide) groups is 1. The first kappa shape index (κ1) is 25.7. The van der Waals surface area contributed by atoms with Crippen LogP contribution in [-0.4, -0.2) is 28.4 Å². The molecular formula is C25H29BrN2O3S. The number of furan rings is 1. The van der Waals surface area contributed by atoms with Gasteiger partial charge in [0, 0.05) is 18.8 Å². The number of esters is 1. The lowest BCUT2D eigenvalue weighted by molar-refractivity contribution is -0.142. The van der Waals surface area contributed by atoms with Crippen LogP contribution < -0.4 is 0 Å². The lowest BCUT2D eigenvalue weighted by atomic mass is 10.2. The van der Waals surface area contributed by atoms with Crippen LogP contribution in [0.15, 0.2) is 88.5 Å². The fraction of sp³-hybridized carbons (Fsp3) is 0.280. The summed E-state index contributed by atoms with van der Waals surface area (Å²) in [6.45, 7) is 4.12. The molecule has 3 rings (SSSR count). The highest BCUT2D eigenvalue weighted by Gasteiger charge is 2.15. The molecule has 7 heteroatoms. The molecule has 0 amide bonds. The number of amidine groups is 1. The molecule has 32 heavy (non-hydrogen) atoms. The van der Waals surface area contributed by atoms with Crippen LogP contribution in [0.4, 0.5) is 0 Å². The zero-order valence-electron chi connectivity index (χ0n) is 18.2. The molecule has 0 atom stereocenters. The summed E-state index contributed by atoms with van der Waals surface area (Å²) in [6, 6.07) is 24.5. The molecule has 0 saturated heterocycles. The number of halogens is 1. The summed E-state index contributed by atoms with van der Waals surface area (Å²) in [5.74, 6) is 1.23. The summed E-state index contributed by atoms with van der Waals surface area (Å²) in [5.41, 5.74) is 2.41. The molecule has 0 spiro atoms. The van der Waals surface area contributed by atoms with E-state index in [1.165, 1.54) is 11.1 Å². The molecule has 0 radical (unpaired) electrons. The zero-order chi connectivity index (χ0) is 21.7. The Hall–Kier alpha value is -2.51. The minimum atomic E-state index is -0.182. The van der Waals surface area contributed by atoms with Gasteiger partial charge in [-0.3, -0.25) is 9.79 Å². The van der Waals surface area contributed by atoms with Crippen molar-refractivity contribution < 1.29 is 13.9 Å². The van der Waals surface area contributed by atoms with Crippen molar-refractivity contribution in [1.29, 1.82) is 0 Å². The predicted octanol–water partition coefficient (Wildman–Crippen LogP) is 6.10. The summed E-state index contributed by atoms with van der Waals surface area (Å²) in [5, 5.41) is 0.883. The molecular weight excluding hydrogens is 488 g/mol. The monoisotopic (exact) mass is 516 g/mol. The first-order chi connectivity index (χ1) is 15.2. The molecule has 5 nitrogen and oxygen atoms in total. The standard InChI is InChI=1S/C25H28N2O3S.BrH/c1-2-29-24(28)15-17-31-25(26-18-23-14-9-16-30-23)27(19-21-10-5-3-6-11-21)20-22-12-7-4-8-13-22;/h3-14,16H,2,15,17-20H2,1H3;1H. The summed E-state index contributed by atoms with van der Waals surface area (Å²) >= 11 is 1.58. The number of nitrogens with zero attached hydrogens (tertiary/aromatic N) is 2. The van der Waals surface area contributed by atoms with Gasteiger partial charge in [-0.25, -0.2) is 0 Å². The molecule has 0 fully saturated rings. The van der Waals surface area contributed by atoms with Crippen LogP contribution in [0.25, 0.3) is 0 Å². The van der Waals surface area contributed by atoms with Gasteiger partial charge in [-0.05, 0) is 30.2 Å². The highest BCUT2D eigenvalue weighted by molar-refractivity contribution is 8.93. The maximum Gasteiger partial charge on any atom is 0.306 e. The molecule has 3 aromatic rings. The van der Waals surface area contributed by atoms with Crippen LogP contribution >= 0.6 is 28.7 Å². The predicted molar refractivity (Wildman–Crippen MR) is 136 cm³/mol. The van der Waals surface area contributed by atoms with Gasteiger partial charge in [-0.2, -0.15) is 0 Å². The van der Waals surface area contributed by atoms with Crippen molar-refractivity contribution in [3.8, 4) is 0 Å². The fourth-order valence-corrected chi connectivity index (χ4v) is 3.96. The first-order valence-electron chi connectivity index (χ1n) is 10.4. The number of hydrogen-bond donors (Lipinski definition) is 0. The van der Waals surface area contributed by atoms with E-state index in [9.17, 15) is 4.79 Å². The van der Waals surface area contributed by atoms with E-state index >= 15 is 0 Å². The van der Waals surface area contributed by atoms with Crippen LogP contribution in [0.5, 0.6) is 0 Å². The number of benzene rings is 2. The Labute approximate surface area is 204 Å². The highest BCUT2D eigenvalue weighted by atomic mass is 79.9. The molecule has 0 aliphatic heterocycles. The summed E-state index contributed by atoms with van der Waals surface area (Å²) in [7, 11) is 0. The Balaban J connectivity index is 0.00000363. The largest absolute Gasteiger partial charge is 0.467 e. The van der Waals surface area contributed by atoms with E-state index in [1.54, 1.807) is 18.0 Å². The Bertz CT molecular complexity index is 893. The molecule has 2 aromatic carbocycles. The van der Waals surface area contributed by atoms with E-state index in [4.69, 9.17) is 14.1 Å². The van der Waals surface area contributed by atoms with E-state index in [-0.39, 0.29) is 23.0 Å². The van der Waals surface area contributed by atoms with E-state index in [1.807, 2.05) is 55.5 Å². The van der Waals surface area contributed by atoms with Crippen LogP contribution in [0.2, 0.25) is 0 Å². The van der Waals surface area contributed by atoms with E-state index in [2.05, 4.69) is 29.2 Å². The summed E-state index contributed by atoms with van der Waals surface area (Å²) < 4.78 is 10.5. The minimum Gasteiger partial charge on any atom is -0.467 e. The zero-order valence-corrected chi connectivity index (χ0v) is 20.7. The van der Waals surface area contributed by atoms with Gasteiger partial charge in [0.25, 0.3) is 0 Å². The van der Waals surface area contributed by atoms with E-state index in [0.29, 0.717) is 25.3 Å². The van der Waals surface area contributed by atoms with Crippen molar-refractivity contribution in [2.75, 3.05) is 12.4 Å². The molecule has 0 unspecified atom stereocenters. The number of ether oxygens (including phenoxy) is 1. The second-order valence-corrected chi connectivity index (χ2v) is 7.97. The third kappa shape index (κ3) is 8.93. The number of rotatable bonds is 10. The quantitative estimate of drug-likeness (QED) is 0.185. The van der Waals surface area contributed by atoms with Gasteiger partial charge in [0.2, 0.25) is 0 Å². The average Bonchev–Trinajstić information content (AvgIpc) is 3.31. The summed E-state index contributed by atoms with van der Waals surface area (Å²) in [4.78, 5) is 18.9. The van der Waals surface area contributed by atoms with Crippen molar-refractivity contribution >= 4 is 39.9 Å². The lowest BCUT2D eigenvalue weighted by Gasteiger charge is -2.26. The van der Waals surface area contributed by atoms with Gasteiger partial charge < -0.3 is 14.1 Å². The second kappa shape index (κ2) is 14.5. The third-order valence-electron chi connectivity index (χ3n) is 4.50. The second-order valence-electron chi connectivity index (χ2n) is 6.91. The first-order valence-corrected chi connectivity index (χ1v) is 11.4. The SMILES string of the molecule is Br.CCOC(=O)CCSC(=NCc1ccco1)N(Cc1ccccc1)Cc1ccccc1. The third-order valence-corrected chi connectivity index (χ3v) is 5.55. The Kier molecular flexibility index (Phi) is 11.7. The number of hydrogen-bond acceptors (Lipinski definition) is 5. The van der Waals surface area contributed by atoms with Gasteiger partial charge in [0.05, 0.1) is 25.8 Å². The van der Waals surface area contributed by atoms with Crippen molar-refractivity contribution in [2.24, 2.45) is 4.99 Å². The van der Waals surface area contributed by atoms with Crippen LogP contribution in [-0.2, 0) is 29.2 Å². The minimum absolute atomic E-state index is 0. The fourth-order valence-electron chi connectivity index (χ4n) is 3.04. The molecule has 0 aliphatic carbocycles. The van der Waals surface area contributed by atoms with Gasteiger partial charge in [-0.15, -0.1) is 17.0 Å². The van der Waals surface area contributed by atoms with E-state index in [0.717, 1.165) is 24.0 Å². The molecule has 0 N–H and O–H groups in total. The number of carbonyl (C=O) groups is 1. The van der Waals surface area contributed by atoms with E-state index < -0.39 is 0 Å². The van der Waals surface area contributed by atoms with Gasteiger partial charge >= 0.3 is 5.97 Å². The van der Waals surface area contributed by atoms with Crippen LogP contribution in [0.1, 0.15) is 30.2 Å². The molecule has 1 heterocycles.